The van der Waals surface area contributed by atoms with Crippen LogP contribution in [0.1, 0.15) is 17.5 Å². The van der Waals surface area contributed by atoms with Crippen LogP contribution in [0.5, 0.6) is 11.5 Å². The Labute approximate surface area is 165 Å². The van der Waals surface area contributed by atoms with E-state index in [9.17, 15) is 4.39 Å². The molecule has 0 saturated carbocycles. The number of hydrogen-bond donors (Lipinski definition) is 2. The maximum atomic E-state index is 13.8. The summed E-state index contributed by atoms with van der Waals surface area (Å²) in [4.78, 5) is 0. The first-order valence-corrected chi connectivity index (χ1v) is 8.61. The first kappa shape index (κ1) is 22.5. The first-order valence-electron chi connectivity index (χ1n) is 8.23. The normalized spacial score (nSPS) is 10.3. The molecular formula is C19H24Cl2FN2O2-. The summed E-state index contributed by atoms with van der Waals surface area (Å²) in [5.41, 5.74) is 1.43. The van der Waals surface area contributed by atoms with Crippen molar-refractivity contribution in [2.24, 2.45) is 0 Å². The van der Waals surface area contributed by atoms with E-state index in [0.29, 0.717) is 22.1 Å². The van der Waals surface area contributed by atoms with Crippen LogP contribution < -0.4 is 32.5 Å². The topological polar surface area (TPSA) is 42.5 Å². The van der Waals surface area contributed by atoms with Gasteiger partial charge >= 0.3 is 0 Å². The molecule has 0 radical (unpaired) electrons. The van der Waals surface area contributed by atoms with Crippen LogP contribution in [-0.2, 0) is 13.2 Å². The van der Waals surface area contributed by atoms with E-state index in [4.69, 9.17) is 21.1 Å². The van der Waals surface area contributed by atoms with Gasteiger partial charge in [0.25, 0.3) is 0 Å². The molecule has 7 heteroatoms. The molecule has 0 atom stereocenters. The third-order valence-corrected chi connectivity index (χ3v) is 4.13. The molecule has 0 aromatic heterocycles. The Kier molecular flexibility index (Phi) is 10.4. The average Bonchev–Trinajstić information content (AvgIpc) is 2.61. The zero-order chi connectivity index (χ0) is 18.1. The molecule has 0 unspecified atom stereocenters. The molecule has 2 rings (SSSR count). The summed E-state index contributed by atoms with van der Waals surface area (Å²) >= 11 is 6.02. The van der Waals surface area contributed by atoms with Crippen molar-refractivity contribution >= 4 is 11.6 Å². The molecule has 0 aliphatic rings. The van der Waals surface area contributed by atoms with E-state index in [1.807, 2.05) is 25.2 Å². The van der Waals surface area contributed by atoms with Gasteiger partial charge < -0.3 is 32.5 Å². The van der Waals surface area contributed by atoms with Crippen molar-refractivity contribution in [3.63, 3.8) is 0 Å². The molecule has 0 spiro atoms. The first-order chi connectivity index (χ1) is 12.2. The van der Waals surface area contributed by atoms with Crippen LogP contribution in [0.25, 0.3) is 0 Å². The molecule has 0 aliphatic heterocycles. The van der Waals surface area contributed by atoms with Crippen LogP contribution >= 0.6 is 11.6 Å². The predicted molar refractivity (Wildman–Crippen MR) is 99.0 cm³/mol. The Morgan fingerprint density at radius 1 is 1.12 bits per heavy atom. The van der Waals surface area contributed by atoms with E-state index >= 15 is 0 Å². The molecule has 2 aromatic rings. The number of nitrogens with one attached hydrogen (secondary N) is 2. The summed E-state index contributed by atoms with van der Waals surface area (Å²) in [6, 6.07) is 10.3. The Balaban J connectivity index is 0.00000338. The van der Waals surface area contributed by atoms with Gasteiger partial charge in [0.05, 0.1) is 12.1 Å². The second-order valence-corrected chi connectivity index (χ2v) is 6.02. The molecule has 0 heterocycles. The van der Waals surface area contributed by atoms with E-state index in [1.54, 1.807) is 19.2 Å². The lowest BCUT2D eigenvalue weighted by Crippen LogP contribution is -3.00. The second kappa shape index (κ2) is 12.0. The van der Waals surface area contributed by atoms with E-state index in [-0.39, 0.29) is 24.8 Å². The van der Waals surface area contributed by atoms with Gasteiger partial charge in [-0.1, -0.05) is 23.7 Å². The molecule has 0 bridgehead atoms. The van der Waals surface area contributed by atoms with Gasteiger partial charge in [-0.25, -0.2) is 4.39 Å². The SMILES string of the molecule is CNCCCNCc1ccc(OCc2c(F)cccc2Cl)c(OC)c1.[Cl-]. The minimum absolute atomic E-state index is 0. The lowest BCUT2D eigenvalue weighted by molar-refractivity contribution is -0.00000633. The quantitative estimate of drug-likeness (QED) is 0.577. The Morgan fingerprint density at radius 2 is 1.92 bits per heavy atom. The van der Waals surface area contributed by atoms with Crippen LogP contribution in [-0.4, -0.2) is 27.2 Å². The largest absolute Gasteiger partial charge is 1.00 e. The average molecular weight is 402 g/mol. The summed E-state index contributed by atoms with van der Waals surface area (Å²) in [7, 11) is 3.53. The van der Waals surface area contributed by atoms with Crippen LogP contribution in [0.2, 0.25) is 5.02 Å². The fourth-order valence-corrected chi connectivity index (χ4v) is 2.60. The molecular weight excluding hydrogens is 378 g/mol. The van der Waals surface area contributed by atoms with Gasteiger partial charge in [0.2, 0.25) is 0 Å². The van der Waals surface area contributed by atoms with Crippen LogP contribution in [0.15, 0.2) is 36.4 Å². The molecule has 2 aromatic carbocycles. The van der Waals surface area contributed by atoms with Crippen molar-refractivity contribution in [1.29, 1.82) is 0 Å². The van der Waals surface area contributed by atoms with Gasteiger partial charge in [-0.15, -0.1) is 0 Å². The summed E-state index contributed by atoms with van der Waals surface area (Å²) in [6.45, 7) is 2.72. The van der Waals surface area contributed by atoms with Crippen molar-refractivity contribution < 1.29 is 26.3 Å². The summed E-state index contributed by atoms with van der Waals surface area (Å²) < 4.78 is 24.9. The van der Waals surface area contributed by atoms with Gasteiger partial charge in [-0.2, -0.15) is 0 Å². The maximum absolute atomic E-state index is 13.8. The van der Waals surface area contributed by atoms with Crippen molar-refractivity contribution in [3.05, 3.63) is 58.4 Å². The van der Waals surface area contributed by atoms with Crippen LogP contribution in [0, 0.1) is 5.82 Å². The second-order valence-electron chi connectivity index (χ2n) is 5.61. The number of rotatable bonds is 10. The summed E-state index contributed by atoms with van der Waals surface area (Å²) in [6.07, 6.45) is 1.07. The van der Waals surface area contributed by atoms with Crippen LogP contribution in [0.3, 0.4) is 0 Å². The Morgan fingerprint density at radius 3 is 2.62 bits per heavy atom. The molecule has 26 heavy (non-hydrogen) atoms. The van der Waals surface area contributed by atoms with Gasteiger partial charge in [0.1, 0.15) is 12.4 Å². The predicted octanol–water partition coefficient (Wildman–Crippen LogP) is 0.770. The minimum atomic E-state index is -0.381. The molecule has 4 nitrogen and oxygen atoms in total. The molecule has 0 saturated heterocycles. The van der Waals surface area contributed by atoms with Crippen molar-refractivity contribution in [2.45, 2.75) is 19.6 Å². The van der Waals surface area contributed by atoms with E-state index in [0.717, 1.165) is 31.6 Å². The highest BCUT2D eigenvalue weighted by atomic mass is 35.5. The molecule has 2 N–H and O–H groups in total. The number of benzene rings is 2. The standard InChI is InChI=1S/C19H24ClFN2O2.ClH/c1-22-9-4-10-23-12-14-7-8-18(19(11-14)24-2)25-13-15-16(20)5-3-6-17(15)21;/h3,5-8,11,22-23H,4,9-10,12-13H2,1-2H3;1H/p-1. The Hall–Kier alpha value is -1.53. The maximum Gasteiger partial charge on any atom is 0.161 e. The highest BCUT2D eigenvalue weighted by molar-refractivity contribution is 6.31. The highest BCUT2D eigenvalue weighted by Crippen LogP contribution is 2.30. The lowest BCUT2D eigenvalue weighted by atomic mass is 10.2. The fourth-order valence-electron chi connectivity index (χ4n) is 2.38. The lowest BCUT2D eigenvalue weighted by Gasteiger charge is -2.13. The highest BCUT2D eigenvalue weighted by Gasteiger charge is 2.10. The third kappa shape index (κ3) is 6.65. The summed E-state index contributed by atoms with van der Waals surface area (Å²) in [5, 5.41) is 6.84. The number of halogens is 3. The van der Waals surface area contributed by atoms with E-state index in [1.165, 1.54) is 6.07 Å². The monoisotopic (exact) mass is 401 g/mol. The van der Waals surface area contributed by atoms with Crippen molar-refractivity contribution in [3.8, 4) is 11.5 Å². The van der Waals surface area contributed by atoms with Gasteiger partial charge in [-0.05, 0) is 56.4 Å². The van der Waals surface area contributed by atoms with Crippen molar-refractivity contribution in [1.82, 2.24) is 10.6 Å². The third-order valence-electron chi connectivity index (χ3n) is 3.77. The molecule has 0 fully saturated rings. The van der Waals surface area contributed by atoms with E-state index in [2.05, 4.69) is 10.6 Å². The van der Waals surface area contributed by atoms with Crippen molar-refractivity contribution in [2.75, 3.05) is 27.2 Å². The summed E-state index contributed by atoms with van der Waals surface area (Å²) in [5.74, 6) is 0.789. The van der Waals surface area contributed by atoms with Gasteiger partial charge in [0.15, 0.2) is 11.5 Å². The number of ether oxygens (including phenoxy) is 2. The fraction of sp³-hybridized carbons (Fsp3) is 0.368. The minimum Gasteiger partial charge on any atom is -1.00 e. The molecule has 0 amide bonds. The zero-order valence-corrected chi connectivity index (χ0v) is 16.5. The molecule has 144 valence electrons. The number of hydrogen-bond acceptors (Lipinski definition) is 4. The van der Waals surface area contributed by atoms with Crippen LogP contribution in [0.4, 0.5) is 4.39 Å². The smallest absolute Gasteiger partial charge is 0.161 e. The molecule has 0 aliphatic carbocycles. The number of methoxy groups -OCH3 is 1. The zero-order valence-electron chi connectivity index (χ0n) is 15.0. The Bertz CT molecular complexity index is 666. The van der Waals surface area contributed by atoms with Gasteiger partial charge in [0, 0.05) is 12.1 Å². The van der Waals surface area contributed by atoms with Gasteiger partial charge in [-0.3, -0.25) is 0 Å². The van der Waals surface area contributed by atoms with E-state index < -0.39 is 0 Å².